The molecule has 1 aliphatic rings. The Hall–Kier alpha value is -2.19. The molecular formula is C21H23F3N2O2S. The number of rotatable bonds is 7. The second-order valence-electron chi connectivity index (χ2n) is 6.79. The highest BCUT2D eigenvalue weighted by Gasteiger charge is 2.31. The Bertz CT molecular complexity index is 821. The molecule has 1 heterocycles. The van der Waals surface area contributed by atoms with Gasteiger partial charge in [0.1, 0.15) is 5.75 Å². The van der Waals surface area contributed by atoms with Gasteiger partial charge in [0.25, 0.3) is 5.91 Å². The van der Waals surface area contributed by atoms with E-state index in [1.807, 2.05) is 24.3 Å². The molecule has 1 atom stereocenters. The number of likely N-dealkylation sites (tertiary alicyclic amines) is 1. The molecule has 1 saturated heterocycles. The van der Waals surface area contributed by atoms with Crippen LogP contribution in [0.4, 0.5) is 13.2 Å². The van der Waals surface area contributed by atoms with Gasteiger partial charge in [-0.2, -0.15) is 13.2 Å². The number of benzene rings is 2. The van der Waals surface area contributed by atoms with Crippen molar-refractivity contribution in [2.24, 2.45) is 0 Å². The van der Waals surface area contributed by atoms with Crippen molar-refractivity contribution in [3.05, 3.63) is 59.7 Å². The SMILES string of the molecule is COc1ccc(C(CNC(=O)c2ccccc2SC(F)(F)F)N2CCCC2)cc1. The highest BCUT2D eigenvalue weighted by Crippen LogP contribution is 2.38. The number of thioether (sulfide) groups is 1. The first kappa shape index (κ1) is 21.5. The van der Waals surface area contributed by atoms with E-state index in [0.29, 0.717) is 6.54 Å². The molecule has 0 radical (unpaired) electrons. The molecule has 0 aliphatic carbocycles. The number of hydrogen-bond donors (Lipinski definition) is 1. The number of carbonyl (C=O) groups is 1. The van der Waals surface area contributed by atoms with Crippen LogP contribution in [-0.4, -0.2) is 43.1 Å². The fraction of sp³-hybridized carbons (Fsp3) is 0.381. The predicted octanol–water partition coefficient (Wildman–Crippen LogP) is 4.87. The monoisotopic (exact) mass is 424 g/mol. The van der Waals surface area contributed by atoms with Crippen molar-refractivity contribution in [1.82, 2.24) is 10.2 Å². The van der Waals surface area contributed by atoms with Crippen LogP contribution in [0.1, 0.15) is 34.8 Å². The van der Waals surface area contributed by atoms with Gasteiger partial charge in [0.2, 0.25) is 0 Å². The first-order chi connectivity index (χ1) is 13.9. The van der Waals surface area contributed by atoms with Crippen LogP contribution in [0.15, 0.2) is 53.4 Å². The van der Waals surface area contributed by atoms with Crippen LogP contribution in [0.3, 0.4) is 0 Å². The van der Waals surface area contributed by atoms with Gasteiger partial charge in [-0.3, -0.25) is 9.69 Å². The number of ether oxygens (including phenoxy) is 1. The summed E-state index contributed by atoms with van der Waals surface area (Å²) in [6.07, 6.45) is 2.18. The molecule has 1 amide bonds. The second kappa shape index (κ2) is 9.54. The summed E-state index contributed by atoms with van der Waals surface area (Å²) in [6, 6.07) is 13.4. The summed E-state index contributed by atoms with van der Waals surface area (Å²) in [6.45, 7) is 2.16. The van der Waals surface area contributed by atoms with Gasteiger partial charge < -0.3 is 10.1 Å². The molecule has 0 saturated carbocycles. The summed E-state index contributed by atoms with van der Waals surface area (Å²) in [7, 11) is 1.60. The standard InChI is InChI=1S/C21H23F3N2O2S/c1-28-16-10-8-15(9-11-16)18(26-12-4-5-13-26)14-25-20(27)17-6-2-3-7-19(17)29-21(22,23)24/h2-3,6-11,18H,4-5,12-14H2,1H3,(H,25,27). The number of nitrogens with one attached hydrogen (secondary N) is 1. The Balaban J connectivity index is 1.74. The molecule has 4 nitrogen and oxygen atoms in total. The number of hydrogen-bond acceptors (Lipinski definition) is 4. The van der Waals surface area contributed by atoms with E-state index in [4.69, 9.17) is 4.74 Å². The van der Waals surface area contributed by atoms with Gasteiger partial charge in [0, 0.05) is 11.4 Å². The van der Waals surface area contributed by atoms with E-state index in [9.17, 15) is 18.0 Å². The van der Waals surface area contributed by atoms with Gasteiger partial charge in [0.05, 0.1) is 18.7 Å². The summed E-state index contributed by atoms with van der Waals surface area (Å²) in [5, 5.41) is 2.84. The van der Waals surface area contributed by atoms with Gasteiger partial charge in [-0.1, -0.05) is 24.3 Å². The average Bonchev–Trinajstić information content (AvgIpc) is 3.22. The number of nitrogens with zero attached hydrogens (tertiary/aromatic N) is 1. The Kier molecular flexibility index (Phi) is 7.08. The molecule has 2 aromatic carbocycles. The first-order valence-electron chi connectivity index (χ1n) is 9.38. The molecule has 0 spiro atoms. The Morgan fingerprint density at radius 2 is 1.79 bits per heavy atom. The van der Waals surface area contributed by atoms with Crippen molar-refractivity contribution >= 4 is 17.7 Å². The molecule has 1 N–H and O–H groups in total. The summed E-state index contributed by atoms with van der Waals surface area (Å²) in [5.74, 6) is 0.242. The van der Waals surface area contributed by atoms with Crippen LogP contribution >= 0.6 is 11.8 Å². The fourth-order valence-electron chi connectivity index (χ4n) is 3.49. The average molecular weight is 424 g/mol. The number of methoxy groups -OCH3 is 1. The minimum absolute atomic E-state index is 0.0322. The topological polar surface area (TPSA) is 41.6 Å². The van der Waals surface area contributed by atoms with E-state index in [1.165, 1.54) is 18.2 Å². The maximum Gasteiger partial charge on any atom is 0.446 e. The number of carbonyl (C=O) groups excluding carboxylic acids is 1. The Morgan fingerprint density at radius 3 is 2.41 bits per heavy atom. The van der Waals surface area contributed by atoms with Crippen molar-refractivity contribution in [3.63, 3.8) is 0 Å². The van der Waals surface area contributed by atoms with E-state index in [-0.39, 0.29) is 28.3 Å². The maximum atomic E-state index is 12.8. The van der Waals surface area contributed by atoms with E-state index in [1.54, 1.807) is 13.2 Å². The van der Waals surface area contributed by atoms with Gasteiger partial charge in [0.15, 0.2) is 0 Å². The zero-order chi connectivity index (χ0) is 20.9. The quantitative estimate of drug-likeness (QED) is 0.644. The van der Waals surface area contributed by atoms with Crippen LogP contribution in [0.25, 0.3) is 0 Å². The lowest BCUT2D eigenvalue weighted by atomic mass is 10.0. The molecule has 0 aromatic heterocycles. The van der Waals surface area contributed by atoms with E-state index in [2.05, 4.69) is 10.2 Å². The van der Waals surface area contributed by atoms with Crippen LogP contribution in [0.2, 0.25) is 0 Å². The van der Waals surface area contributed by atoms with E-state index in [0.717, 1.165) is 37.2 Å². The van der Waals surface area contributed by atoms with Crippen molar-refractivity contribution in [2.75, 3.05) is 26.7 Å². The van der Waals surface area contributed by atoms with Gasteiger partial charge in [-0.05, 0) is 67.5 Å². The van der Waals surface area contributed by atoms with Crippen LogP contribution in [0, 0.1) is 0 Å². The van der Waals surface area contributed by atoms with E-state index >= 15 is 0 Å². The van der Waals surface area contributed by atoms with Crippen molar-refractivity contribution in [1.29, 1.82) is 0 Å². The zero-order valence-corrected chi connectivity index (χ0v) is 16.9. The minimum Gasteiger partial charge on any atom is -0.497 e. The molecule has 29 heavy (non-hydrogen) atoms. The molecule has 1 unspecified atom stereocenters. The van der Waals surface area contributed by atoms with Crippen LogP contribution in [0.5, 0.6) is 5.75 Å². The van der Waals surface area contributed by atoms with Crippen molar-refractivity contribution < 1.29 is 22.7 Å². The van der Waals surface area contributed by atoms with Crippen LogP contribution in [-0.2, 0) is 0 Å². The molecule has 8 heteroatoms. The third kappa shape index (κ3) is 5.90. The lowest BCUT2D eigenvalue weighted by molar-refractivity contribution is -0.0328. The molecule has 3 rings (SSSR count). The minimum atomic E-state index is -4.45. The highest BCUT2D eigenvalue weighted by molar-refractivity contribution is 8.00. The van der Waals surface area contributed by atoms with Gasteiger partial charge in [-0.25, -0.2) is 0 Å². The third-order valence-corrected chi connectivity index (χ3v) is 5.70. The molecular weight excluding hydrogens is 401 g/mol. The van der Waals surface area contributed by atoms with Crippen LogP contribution < -0.4 is 10.1 Å². The molecule has 1 fully saturated rings. The summed E-state index contributed by atoms with van der Waals surface area (Å²) in [5.41, 5.74) is -3.38. The lowest BCUT2D eigenvalue weighted by Gasteiger charge is -2.28. The zero-order valence-electron chi connectivity index (χ0n) is 16.0. The lowest BCUT2D eigenvalue weighted by Crippen LogP contribution is -2.37. The van der Waals surface area contributed by atoms with Crippen molar-refractivity contribution in [3.8, 4) is 5.75 Å². The number of halogens is 3. The maximum absolute atomic E-state index is 12.8. The normalized spacial score (nSPS) is 15.9. The predicted molar refractivity (Wildman–Crippen MR) is 107 cm³/mol. The summed E-state index contributed by atoms with van der Waals surface area (Å²) < 4.78 is 43.6. The second-order valence-corrected chi connectivity index (χ2v) is 7.89. The molecule has 2 aromatic rings. The van der Waals surface area contributed by atoms with E-state index < -0.39 is 11.4 Å². The molecule has 0 bridgehead atoms. The summed E-state index contributed by atoms with van der Waals surface area (Å²) in [4.78, 5) is 14.9. The Morgan fingerprint density at radius 1 is 1.14 bits per heavy atom. The summed E-state index contributed by atoms with van der Waals surface area (Å²) >= 11 is -0.269. The Labute approximate surface area is 172 Å². The largest absolute Gasteiger partial charge is 0.497 e. The highest BCUT2D eigenvalue weighted by atomic mass is 32.2. The third-order valence-electron chi connectivity index (χ3n) is 4.90. The number of amides is 1. The molecule has 156 valence electrons. The number of alkyl halides is 3. The van der Waals surface area contributed by atoms with Gasteiger partial charge in [-0.15, -0.1) is 0 Å². The fourth-order valence-corrected chi connectivity index (χ4v) is 4.16. The molecule has 1 aliphatic heterocycles. The van der Waals surface area contributed by atoms with Gasteiger partial charge >= 0.3 is 5.51 Å². The smallest absolute Gasteiger partial charge is 0.446 e. The first-order valence-corrected chi connectivity index (χ1v) is 10.2. The van der Waals surface area contributed by atoms with Crippen molar-refractivity contribution in [2.45, 2.75) is 29.3 Å².